The summed E-state index contributed by atoms with van der Waals surface area (Å²) in [4.78, 5) is 23.8. The fourth-order valence-electron chi connectivity index (χ4n) is 2.61. The highest BCUT2D eigenvalue weighted by atomic mass is 32.2. The predicted molar refractivity (Wildman–Crippen MR) is 106 cm³/mol. The Bertz CT molecular complexity index is 1190. The molecule has 0 radical (unpaired) electrons. The number of sulfone groups is 1. The van der Waals surface area contributed by atoms with Gasteiger partial charge in [-0.15, -0.1) is 0 Å². The Morgan fingerprint density at radius 1 is 0.613 bits per heavy atom. The normalized spacial score (nSPS) is 11.1. The molecule has 0 saturated heterocycles. The van der Waals surface area contributed by atoms with Crippen molar-refractivity contribution in [2.75, 3.05) is 0 Å². The van der Waals surface area contributed by atoms with Gasteiger partial charge in [0.05, 0.1) is 22.3 Å². The molecule has 0 aliphatic heterocycles. The molecule has 4 rings (SSSR count). The lowest BCUT2D eigenvalue weighted by Gasteiger charge is -2.08. The number of hydrogen-bond acceptors (Lipinski definition) is 8. The molecule has 0 N–H and O–H groups in total. The maximum absolute atomic E-state index is 12.8. The molecule has 2 heterocycles. The van der Waals surface area contributed by atoms with Crippen LogP contribution in [0, 0.1) is 0 Å². The van der Waals surface area contributed by atoms with Crippen LogP contribution >= 0.6 is 0 Å². The molecule has 8 nitrogen and oxygen atoms in total. The highest BCUT2D eigenvalue weighted by molar-refractivity contribution is 7.91. The third-order valence-electron chi connectivity index (χ3n) is 4.13. The Labute approximate surface area is 176 Å². The molecule has 2 aromatic carbocycles. The van der Waals surface area contributed by atoms with E-state index in [1.807, 2.05) is 0 Å². The van der Waals surface area contributed by atoms with Gasteiger partial charge in [0.25, 0.3) is 0 Å². The Kier molecular flexibility index (Phi) is 5.42. The molecule has 0 unspecified atom stereocenters. The lowest BCUT2D eigenvalue weighted by Crippen LogP contribution is -2.08. The molecular formula is C22H14O8S. The van der Waals surface area contributed by atoms with E-state index in [2.05, 4.69) is 0 Å². The van der Waals surface area contributed by atoms with Crippen LogP contribution in [0.2, 0.25) is 0 Å². The first-order valence-corrected chi connectivity index (χ1v) is 10.4. The van der Waals surface area contributed by atoms with Crippen LogP contribution in [0.4, 0.5) is 0 Å². The van der Waals surface area contributed by atoms with E-state index in [4.69, 9.17) is 18.3 Å². The molecule has 2 aromatic heterocycles. The molecule has 31 heavy (non-hydrogen) atoms. The topological polar surface area (TPSA) is 113 Å². The smallest absolute Gasteiger partial charge is 0.379 e. The van der Waals surface area contributed by atoms with Gasteiger partial charge in [0.2, 0.25) is 21.4 Å². The van der Waals surface area contributed by atoms with Gasteiger partial charge >= 0.3 is 11.9 Å². The monoisotopic (exact) mass is 438 g/mol. The first-order valence-electron chi connectivity index (χ1n) is 8.90. The van der Waals surface area contributed by atoms with Crippen LogP contribution in [0.25, 0.3) is 0 Å². The van der Waals surface area contributed by atoms with E-state index >= 15 is 0 Å². The number of hydrogen-bond donors (Lipinski definition) is 0. The summed E-state index contributed by atoms with van der Waals surface area (Å²) < 4.78 is 45.8. The van der Waals surface area contributed by atoms with Gasteiger partial charge < -0.3 is 18.3 Å². The van der Waals surface area contributed by atoms with Gasteiger partial charge in [0.15, 0.2) is 0 Å². The molecule has 0 atom stereocenters. The Morgan fingerprint density at radius 3 is 1.32 bits per heavy atom. The lowest BCUT2D eigenvalue weighted by molar-refractivity contribution is 0.0692. The summed E-state index contributed by atoms with van der Waals surface area (Å²) >= 11 is 0. The van der Waals surface area contributed by atoms with Crippen LogP contribution in [-0.2, 0) is 9.84 Å². The highest BCUT2D eigenvalue weighted by Crippen LogP contribution is 2.25. The number of carbonyl (C=O) groups excluding carboxylic acids is 2. The fourth-order valence-corrected chi connectivity index (χ4v) is 3.87. The van der Waals surface area contributed by atoms with Gasteiger partial charge in [0, 0.05) is 0 Å². The first kappa shape index (κ1) is 20.2. The SMILES string of the molecule is O=C(Oc1ccc(S(=O)(=O)c2ccc(OC(=O)c3ccco3)cc2)cc1)c1ccco1. The van der Waals surface area contributed by atoms with E-state index in [1.165, 1.54) is 73.2 Å². The van der Waals surface area contributed by atoms with Crippen molar-refractivity contribution in [3.05, 3.63) is 96.8 Å². The van der Waals surface area contributed by atoms with Crippen LogP contribution < -0.4 is 9.47 Å². The van der Waals surface area contributed by atoms with Crippen molar-refractivity contribution in [1.82, 2.24) is 0 Å². The van der Waals surface area contributed by atoms with Gasteiger partial charge in [-0.1, -0.05) is 0 Å². The second kappa shape index (κ2) is 8.33. The zero-order chi connectivity index (χ0) is 21.8. The van der Waals surface area contributed by atoms with Gasteiger partial charge in [-0.2, -0.15) is 0 Å². The quantitative estimate of drug-likeness (QED) is 0.326. The molecule has 4 aromatic rings. The molecule has 9 heteroatoms. The molecule has 0 amide bonds. The molecule has 0 aliphatic rings. The molecule has 0 saturated carbocycles. The Balaban J connectivity index is 1.46. The van der Waals surface area contributed by atoms with Crippen molar-refractivity contribution in [1.29, 1.82) is 0 Å². The summed E-state index contributed by atoms with van der Waals surface area (Å²) in [6, 6.07) is 16.8. The van der Waals surface area contributed by atoms with Crippen molar-refractivity contribution in [2.45, 2.75) is 9.79 Å². The van der Waals surface area contributed by atoms with Crippen LogP contribution in [0.15, 0.2) is 104 Å². The second-order valence-corrected chi connectivity index (χ2v) is 8.13. The Morgan fingerprint density at radius 2 is 1.00 bits per heavy atom. The standard InChI is InChI=1S/C22H14O8S/c23-21(19-3-1-13-27-19)29-15-5-9-17(10-6-15)31(25,26)18-11-7-16(8-12-18)30-22(24)20-4-2-14-28-20/h1-14H. The summed E-state index contributed by atoms with van der Waals surface area (Å²) in [5, 5.41) is 0. The van der Waals surface area contributed by atoms with E-state index in [1.54, 1.807) is 12.1 Å². The van der Waals surface area contributed by atoms with Crippen LogP contribution in [-0.4, -0.2) is 20.4 Å². The van der Waals surface area contributed by atoms with E-state index in [0.717, 1.165) is 0 Å². The van der Waals surface area contributed by atoms with Gasteiger partial charge in [-0.25, -0.2) is 18.0 Å². The molecular weight excluding hydrogens is 424 g/mol. The Hall–Kier alpha value is -4.11. The number of carbonyl (C=O) groups is 2. The highest BCUT2D eigenvalue weighted by Gasteiger charge is 2.19. The number of esters is 2. The first-order chi connectivity index (χ1) is 14.9. The van der Waals surface area contributed by atoms with Crippen LogP contribution in [0.5, 0.6) is 11.5 Å². The lowest BCUT2D eigenvalue weighted by atomic mass is 10.3. The van der Waals surface area contributed by atoms with Crippen molar-refractivity contribution in [3.63, 3.8) is 0 Å². The zero-order valence-electron chi connectivity index (χ0n) is 15.8. The summed E-state index contributed by atoms with van der Waals surface area (Å²) in [7, 11) is -3.83. The third kappa shape index (κ3) is 4.41. The average Bonchev–Trinajstić information content (AvgIpc) is 3.49. The zero-order valence-corrected chi connectivity index (χ0v) is 16.6. The second-order valence-electron chi connectivity index (χ2n) is 6.18. The van der Waals surface area contributed by atoms with E-state index in [9.17, 15) is 18.0 Å². The minimum Gasteiger partial charge on any atom is -0.457 e. The molecule has 0 bridgehead atoms. The van der Waals surface area contributed by atoms with Crippen LogP contribution in [0.1, 0.15) is 21.1 Å². The summed E-state index contributed by atoms with van der Waals surface area (Å²) in [5.41, 5.74) is 0. The third-order valence-corrected chi connectivity index (χ3v) is 5.92. The maximum atomic E-state index is 12.8. The van der Waals surface area contributed by atoms with Gasteiger partial charge in [0.1, 0.15) is 11.5 Å². The minimum absolute atomic E-state index is 0.00521. The van der Waals surface area contributed by atoms with Crippen molar-refractivity contribution < 1.29 is 36.3 Å². The summed E-state index contributed by atoms with van der Waals surface area (Å²) in [6.45, 7) is 0. The van der Waals surface area contributed by atoms with Gasteiger partial charge in [-0.05, 0) is 72.8 Å². The van der Waals surface area contributed by atoms with E-state index in [-0.39, 0.29) is 32.8 Å². The summed E-state index contributed by atoms with van der Waals surface area (Å²) in [5.74, 6) is -0.990. The number of ether oxygens (including phenoxy) is 2. The van der Waals surface area contributed by atoms with E-state index < -0.39 is 21.8 Å². The number of benzene rings is 2. The number of rotatable bonds is 6. The molecule has 0 aliphatic carbocycles. The van der Waals surface area contributed by atoms with E-state index in [0.29, 0.717) is 0 Å². The number of furan rings is 2. The fraction of sp³-hybridized carbons (Fsp3) is 0. The molecule has 0 fully saturated rings. The molecule has 0 spiro atoms. The van der Waals surface area contributed by atoms with Crippen LogP contribution in [0.3, 0.4) is 0 Å². The predicted octanol–water partition coefficient (Wildman–Crippen LogP) is 4.14. The van der Waals surface area contributed by atoms with Crippen molar-refractivity contribution >= 4 is 21.8 Å². The minimum atomic E-state index is -3.83. The van der Waals surface area contributed by atoms with Crippen molar-refractivity contribution in [3.8, 4) is 11.5 Å². The largest absolute Gasteiger partial charge is 0.457 e. The maximum Gasteiger partial charge on any atom is 0.379 e. The van der Waals surface area contributed by atoms with Gasteiger partial charge in [-0.3, -0.25) is 0 Å². The summed E-state index contributed by atoms with van der Waals surface area (Å²) in [6.07, 6.45) is 2.69. The van der Waals surface area contributed by atoms with Crippen molar-refractivity contribution in [2.24, 2.45) is 0 Å². The molecule has 156 valence electrons. The average molecular weight is 438 g/mol.